The second kappa shape index (κ2) is 7.40. The molecule has 3 fully saturated rings. The molecule has 4 nitrogen and oxygen atoms in total. The molecule has 3 atom stereocenters. The highest BCUT2D eigenvalue weighted by molar-refractivity contribution is 4.94. The zero-order chi connectivity index (χ0) is 14.5. The fourth-order valence-electron chi connectivity index (χ4n) is 4.30. The van der Waals surface area contributed by atoms with Gasteiger partial charge in [-0.3, -0.25) is 4.90 Å². The van der Waals surface area contributed by atoms with Crippen molar-refractivity contribution in [3.63, 3.8) is 0 Å². The Labute approximate surface area is 129 Å². The van der Waals surface area contributed by atoms with E-state index in [1.807, 2.05) is 0 Å². The lowest BCUT2D eigenvalue weighted by molar-refractivity contribution is -0.0990. The van der Waals surface area contributed by atoms with Crippen molar-refractivity contribution in [2.24, 2.45) is 5.41 Å². The fraction of sp³-hybridized carbons (Fsp3) is 1.00. The highest BCUT2D eigenvalue weighted by Gasteiger charge is 2.41. The largest absolute Gasteiger partial charge is 0.381 e. The van der Waals surface area contributed by atoms with E-state index in [0.29, 0.717) is 17.6 Å². The first-order chi connectivity index (χ1) is 10.3. The minimum atomic E-state index is 0.328. The summed E-state index contributed by atoms with van der Waals surface area (Å²) in [4.78, 5) is 2.73. The van der Waals surface area contributed by atoms with Crippen LogP contribution in [0, 0.1) is 5.41 Å². The number of morpholine rings is 1. The Balaban J connectivity index is 1.61. The van der Waals surface area contributed by atoms with Crippen LogP contribution in [0.5, 0.6) is 0 Å². The van der Waals surface area contributed by atoms with Crippen molar-refractivity contribution < 1.29 is 9.47 Å². The van der Waals surface area contributed by atoms with E-state index in [0.717, 1.165) is 39.5 Å². The summed E-state index contributed by atoms with van der Waals surface area (Å²) in [6.45, 7) is 9.54. The van der Waals surface area contributed by atoms with Crippen LogP contribution in [0.1, 0.15) is 45.4 Å². The van der Waals surface area contributed by atoms with Gasteiger partial charge < -0.3 is 14.8 Å². The lowest BCUT2D eigenvalue weighted by atomic mass is 9.83. The van der Waals surface area contributed by atoms with Crippen molar-refractivity contribution in [3.05, 3.63) is 0 Å². The van der Waals surface area contributed by atoms with Gasteiger partial charge in [0, 0.05) is 37.7 Å². The SMILES string of the molecule is CCCNCC1(CN2CCOC3CCCCC32)CCOC1. The Bertz CT molecular complexity index is 316. The first-order valence-electron chi connectivity index (χ1n) is 8.97. The Morgan fingerprint density at radius 2 is 2.14 bits per heavy atom. The molecule has 0 aromatic heterocycles. The van der Waals surface area contributed by atoms with Crippen molar-refractivity contribution >= 4 is 0 Å². The Hall–Kier alpha value is -0.160. The third kappa shape index (κ3) is 3.79. The third-order valence-electron chi connectivity index (χ3n) is 5.50. The van der Waals surface area contributed by atoms with Crippen molar-refractivity contribution in [1.82, 2.24) is 10.2 Å². The minimum absolute atomic E-state index is 0.328. The van der Waals surface area contributed by atoms with Gasteiger partial charge in [-0.1, -0.05) is 19.8 Å². The summed E-state index contributed by atoms with van der Waals surface area (Å²) in [7, 11) is 0. The van der Waals surface area contributed by atoms with E-state index in [-0.39, 0.29) is 0 Å². The van der Waals surface area contributed by atoms with Crippen LogP contribution in [-0.2, 0) is 9.47 Å². The molecule has 3 aliphatic rings. The lowest BCUT2D eigenvalue weighted by Crippen LogP contribution is -2.57. The van der Waals surface area contributed by atoms with Gasteiger partial charge in [0.25, 0.3) is 0 Å². The average molecular weight is 296 g/mol. The monoisotopic (exact) mass is 296 g/mol. The van der Waals surface area contributed by atoms with E-state index in [9.17, 15) is 0 Å². The summed E-state index contributed by atoms with van der Waals surface area (Å²) in [5.74, 6) is 0. The summed E-state index contributed by atoms with van der Waals surface area (Å²) in [6, 6.07) is 0.663. The van der Waals surface area contributed by atoms with Gasteiger partial charge in [0.1, 0.15) is 0 Å². The van der Waals surface area contributed by atoms with Gasteiger partial charge in [-0.25, -0.2) is 0 Å². The molecule has 2 saturated heterocycles. The number of rotatable bonds is 6. The smallest absolute Gasteiger partial charge is 0.0730 e. The highest BCUT2D eigenvalue weighted by atomic mass is 16.5. The van der Waals surface area contributed by atoms with Crippen molar-refractivity contribution in [2.75, 3.05) is 46.0 Å². The molecule has 0 bridgehead atoms. The number of nitrogens with zero attached hydrogens (tertiary/aromatic N) is 1. The number of nitrogens with one attached hydrogen (secondary N) is 1. The molecule has 0 aromatic carbocycles. The molecule has 4 heteroatoms. The molecule has 0 spiro atoms. The van der Waals surface area contributed by atoms with E-state index in [1.165, 1.54) is 45.1 Å². The molecule has 1 aliphatic carbocycles. The molecule has 21 heavy (non-hydrogen) atoms. The van der Waals surface area contributed by atoms with Crippen LogP contribution in [-0.4, -0.2) is 63.0 Å². The maximum absolute atomic E-state index is 6.02. The molecule has 3 unspecified atom stereocenters. The molecule has 122 valence electrons. The normalized spacial score (nSPS) is 37.6. The van der Waals surface area contributed by atoms with Crippen LogP contribution < -0.4 is 5.32 Å². The highest BCUT2D eigenvalue weighted by Crippen LogP contribution is 2.34. The molecule has 2 aliphatic heterocycles. The second-order valence-corrected chi connectivity index (χ2v) is 7.21. The Morgan fingerprint density at radius 3 is 2.95 bits per heavy atom. The van der Waals surface area contributed by atoms with Crippen molar-refractivity contribution in [1.29, 1.82) is 0 Å². The van der Waals surface area contributed by atoms with Crippen LogP contribution in [0.15, 0.2) is 0 Å². The van der Waals surface area contributed by atoms with Crippen LogP contribution in [0.2, 0.25) is 0 Å². The van der Waals surface area contributed by atoms with E-state index in [4.69, 9.17) is 9.47 Å². The predicted octanol–water partition coefficient (Wildman–Crippen LogP) is 2.04. The molecule has 0 radical (unpaired) electrons. The molecular formula is C17H32N2O2. The van der Waals surface area contributed by atoms with E-state index >= 15 is 0 Å². The summed E-state index contributed by atoms with van der Waals surface area (Å²) in [6.07, 6.45) is 8.22. The first-order valence-corrected chi connectivity index (χ1v) is 8.97. The van der Waals surface area contributed by atoms with Crippen LogP contribution in [0.25, 0.3) is 0 Å². The predicted molar refractivity (Wildman–Crippen MR) is 84.6 cm³/mol. The van der Waals surface area contributed by atoms with Gasteiger partial charge in [0.2, 0.25) is 0 Å². The molecular weight excluding hydrogens is 264 g/mol. The van der Waals surface area contributed by atoms with Gasteiger partial charge >= 0.3 is 0 Å². The summed E-state index contributed by atoms with van der Waals surface area (Å²) in [5.41, 5.74) is 0.328. The van der Waals surface area contributed by atoms with Gasteiger partial charge in [-0.05, 0) is 32.2 Å². The topological polar surface area (TPSA) is 33.7 Å². The quantitative estimate of drug-likeness (QED) is 0.761. The Kier molecular flexibility index (Phi) is 5.54. The fourth-order valence-corrected chi connectivity index (χ4v) is 4.30. The summed E-state index contributed by atoms with van der Waals surface area (Å²) in [5, 5.41) is 3.64. The van der Waals surface area contributed by atoms with Crippen molar-refractivity contribution in [2.45, 2.75) is 57.6 Å². The van der Waals surface area contributed by atoms with E-state index in [1.54, 1.807) is 0 Å². The minimum Gasteiger partial charge on any atom is -0.381 e. The molecule has 0 aromatic rings. The molecule has 2 heterocycles. The van der Waals surface area contributed by atoms with Crippen LogP contribution in [0.3, 0.4) is 0 Å². The maximum atomic E-state index is 6.02. The summed E-state index contributed by atoms with van der Waals surface area (Å²) < 4.78 is 11.8. The molecule has 0 amide bonds. The number of hydrogen-bond acceptors (Lipinski definition) is 4. The third-order valence-corrected chi connectivity index (χ3v) is 5.50. The van der Waals surface area contributed by atoms with Crippen LogP contribution >= 0.6 is 0 Å². The average Bonchev–Trinajstić information content (AvgIpc) is 2.97. The molecule has 1 N–H and O–H groups in total. The van der Waals surface area contributed by atoms with Crippen LogP contribution in [0.4, 0.5) is 0 Å². The van der Waals surface area contributed by atoms with E-state index in [2.05, 4.69) is 17.1 Å². The molecule has 1 saturated carbocycles. The van der Waals surface area contributed by atoms with E-state index < -0.39 is 0 Å². The van der Waals surface area contributed by atoms with Gasteiger partial charge in [-0.15, -0.1) is 0 Å². The van der Waals surface area contributed by atoms with Crippen molar-refractivity contribution in [3.8, 4) is 0 Å². The number of ether oxygens (including phenoxy) is 2. The first kappa shape index (κ1) is 15.7. The zero-order valence-corrected chi connectivity index (χ0v) is 13.6. The molecule has 3 rings (SSSR count). The lowest BCUT2D eigenvalue weighted by Gasteiger charge is -2.47. The zero-order valence-electron chi connectivity index (χ0n) is 13.6. The Morgan fingerprint density at radius 1 is 1.24 bits per heavy atom. The van der Waals surface area contributed by atoms with Gasteiger partial charge in [0.05, 0.1) is 19.3 Å². The standard InChI is InChI=1S/C17H32N2O2/c1-2-8-18-12-17(7-10-20-14-17)13-19-9-11-21-16-6-4-3-5-15(16)19/h15-16,18H,2-14H2,1H3. The summed E-state index contributed by atoms with van der Waals surface area (Å²) >= 11 is 0. The number of hydrogen-bond donors (Lipinski definition) is 1. The van der Waals surface area contributed by atoms with Gasteiger partial charge in [-0.2, -0.15) is 0 Å². The maximum Gasteiger partial charge on any atom is 0.0730 e. The van der Waals surface area contributed by atoms with Gasteiger partial charge in [0.15, 0.2) is 0 Å². The second-order valence-electron chi connectivity index (χ2n) is 7.21. The number of fused-ring (bicyclic) bond motifs is 1.